The van der Waals surface area contributed by atoms with Crippen LogP contribution in [0.2, 0.25) is 0 Å². The lowest BCUT2D eigenvalue weighted by atomic mass is 9.71. The SMILES string of the molecule is Cc1cc(C2C=CC(c3cccc(-c4ccc(O)cc4)c3)CC2c2ccccc2)ccc1O. The lowest BCUT2D eigenvalue weighted by Crippen LogP contribution is -2.17. The Morgan fingerprint density at radius 3 is 2.15 bits per heavy atom. The molecule has 0 spiro atoms. The van der Waals surface area contributed by atoms with Crippen molar-refractivity contribution in [2.24, 2.45) is 0 Å². The number of aryl methyl sites for hydroxylation is 1. The summed E-state index contributed by atoms with van der Waals surface area (Å²) >= 11 is 0. The maximum Gasteiger partial charge on any atom is 0.118 e. The molecule has 2 nitrogen and oxygen atoms in total. The predicted molar refractivity (Wildman–Crippen MR) is 135 cm³/mol. The highest BCUT2D eigenvalue weighted by atomic mass is 16.3. The molecular formula is C31H28O2. The van der Waals surface area contributed by atoms with Gasteiger partial charge in [-0.15, -0.1) is 0 Å². The standard InChI is InChI=1S/C31H28O2/c1-21-18-27(13-17-31(21)33)29-16-12-26(20-30(29)23-6-3-2-4-7-23)25-9-5-8-24(19-25)22-10-14-28(32)15-11-22/h2-19,26,29-30,32-33H,20H2,1H3. The van der Waals surface area contributed by atoms with Gasteiger partial charge in [0.05, 0.1) is 0 Å². The van der Waals surface area contributed by atoms with Gasteiger partial charge in [0.2, 0.25) is 0 Å². The van der Waals surface area contributed by atoms with Crippen molar-refractivity contribution in [1.82, 2.24) is 0 Å². The van der Waals surface area contributed by atoms with E-state index in [0.717, 1.165) is 23.1 Å². The summed E-state index contributed by atoms with van der Waals surface area (Å²) in [7, 11) is 0. The van der Waals surface area contributed by atoms with E-state index in [1.165, 1.54) is 16.7 Å². The molecular weight excluding hydrogens is 404 g/mol. The van der Waals surface area contributed by atoms with E-state index in [0.29, 0.717) is 17.6 Å². The number of hydrogen-bond donors (Lipinski definition) is 2. The first kappa shape index (κ1) is 21.1. The third-order valence-corrected chi connectivity index (χ3v) is 6.84. The molecule has 4 aromatic rings. The second-order valence-corrected chi connectivity index (χ2v) is 8.99. The molecule has 0 radical (unpaired) electrons. The Hall–Kier alpha value is -3.78. The maximum absolute atomic E-state index is 10.0. The molecule has 0 heterocycles. The Morgan fingerprint density at radius 1 is 0.636 bits per heavy atom. The third kappa shape index (κ3) is 4.42. The summed E-state index contributed by atoms with van der Waals surface area (Å²) in [4.78, 5) is 0. The van der Waals surface area contributed by atoms with E-state index < -0.39 is 0 Å². The third-order valence-electron chi connectivity index (χ3n) is 6.84. The number of phenolic OH excluding ortho intramolecular Hbond substituents is 2. The van der Waals surface area contributed by atoms with Crippen molar-refractivity contribution >= 4 is 0 Å². The Morgan fingerprint density at radius 2 is 1.39 bits per heavy atom. The van der Waals surface area contributed by atoms with Gasteiger partial charge in [-0.2, -0.15) is 0 Å². The fraction of sp³-hybridized carbons (Fsp3) is 0.161. The van der Waals surface area contributed by atoms with Gasteiger partial charge in [0.1, 0.15) is 11.5 Å². The van der Waals surface area contributed by atoms with E-state index in [4.69, 9.17) is 0 Å². The van der Waals surface area contributed by atoms with Crippen LogP contribution in [0.25, 0.3) is 11.1 Å². The van der Waals surface area contributed by atoms with Gasteiger partial charge in [-0.25, -0.2) is 0 Å². The fourth-order valence-corrected chi connectivity index (χ4v) is 5.01. The van der Waals surface area contributed by atoms with Crippen molar-refractivity contribution in [3.05, 3.63) is 131 Å². The molecule has 0 fully saturated rings. The quantitative estimate of drug-likeness (QED) is 0.325. The minimum atomic E-state index is 0.267. The normalized spacial score (nSPS) is 20.0. The zero-order valence-electron chi connectivity index (χ0n) is 18.7. The average Bonchev–Trinajstić information content (AvgIpc) is 2.86. The molecule has 3 unspecified atom stereocenters. The first-order valence-corrected chi connectivity index (χ1v) is 11.5. The minimum Gasteiger partial charge on any atom is -0.508 e. The molecule has 5 rings (SSSR count). The number of benzene rings is 4. The zero-order chi connectivity index (χ0) is 22.8. The van der Waals surface area contributed by atoms with Crippen molar-refractivity contribution in [3.8, 4) is 22.6 Å². The molecule has 3 atom stereocenters. The van der Waals surface area contributed by atoms with Gasteiger partial charge >= 0.3 is 0 Å². The van der Waals surface area contributed by atoms with Crippen LogP contribution in [-0.4, -0.2) is 10.2 Å². The van der Waals surface area contributed by atoms with E-state index in [2.05, 4.69) is 78.9 Å². The molecule has 2 heteroatoms. The first-order chi connectivity index (χ1) is 16.1. The molecule has 0 amide bonds. The Balaban J connectivity index is 1.51. The van der Waals surface area contributed by atoms with Crippen LogP contribution >= 0.6 is 0 Å². The minimum absolute atomic E-state index is 0.267. The van der Waals surface area contributed by atoms with Gasteiger partial charge in [0.15, 0.2) is 0 Å². The van der Waals surface area contributed by atoms with Crippen LogP contribution in [0.15, 0.2) is 109 Å². The predicted octanol–water partition coefficient (Wildman–Crippen LogP) is 7.68. The van der Waals surface area contributed by atoms with Gasteiger partial charge in [-0.1, -0.05) is 91.0 Å². The van der Waals surface area contributed by atoms with Gasteiger partial charge in [0.25, 0.3) is 0 Å². The molecule has 33 heavy (non-hydrogen) atoms. The number of phenols is 2. The molecule has 1 aliphatic rings. The summed E-state index contributed by atoms with van der Waals surface area (Å²) in [6.45, 7) is 1.96. The number of rotatable bonds is 4. The van der Waals surface area contributed by atoms with Crippen LogP contribution in [-0.2, 0) is 0 Å². The molecule has 0 aliphatic heterocycles. The van der Waals surface area contributed by atoms with Gasteiger partial charge in [-0.05, 0) is 70.8 Å². The van der Waals surface area contributed by atoms with Crippen LogP contribution in [0.1, 0.15) is 46.4 Å². The van der Waals surface area contributed by atoms with Gasteiger partial charge < -0.3 is 10.2 Å². The molecule has 4 aromatic carbocycles. The summed E-state index contributed by atoms with van der Waals surface area (Å²) in [5.74, 6) is 1.57. The second-order valence-electron chi connectivity index (χ2n) is 8.99. The van der Waals surface area contributed by atoms with Gasteiger partial charge in [-0.3, -0.25) is 0 Å². The number of hydrogen-bond acceptors (Lipinski definition) is 2. The summed E-state index contributed by atoms with van der Waals surface area (Å²) in [6, 6.07) is 32.9. The fourth-order valence-electron chi connectivity index (χ4n) is 5.01. The summed E-state index contributed by atoms with van der Waals surface area (Å²) < 4.78 is 0. The number of aromatic hydroxyl groups is 2. The molecule has 0 bridgehead atoms. The Labute approximate surface area is 195 Å². The highest BCUT2D eigenvalue weighted by Crippen LogP contribution is 2.46. The summed E-state index contributed by atoms with van der Waals surface area (Å²) in [6.07, 6.45) is 5.72. The highest BCUT2D eigenvalue weighted by Gasteiger charge is 2.30. The van der Waals surface area contributed by atoms with Crippen LogP contribution in [0.4, 0.5) is 0 Å². The van der Waals surface area contributed by atoms with E-state index in [1.54, 1.807) is 12.1 Å². The summed E-state index contributed by atoms with van der Waals surface area (Å²) in [5, 5.41) is 19.6. The van der Waals surface area contributed by atoms with Crippen molar-refractivity contribution in [2.45, 2.75) is 31.1 Å². The number of allylic oxidation sites excluding steroid dienone is 2. The lowest BCUT2D eigenvalue weighted by molar-refractivity contribution is 0.469. The van der Waals surface area contributed by atoms with Crippen LogP contribution in [0.5, 0.6) is 11.5 Å². The average molecular weight is 433 g/mol. The molecule has 0 saturated carbocycles. The van der Waals surface area contributed by atoms with E-state index >= 15 is 0 Å². The topological polar surface area (TPSA) is 40.5 Å². The van der Waals surface area contributed by atoms with Crippen LogP contribution in [0, 0.1) is 6.92 Å². The molecule has 2 N–H and O–H groups in total. The lowest BCUT2D eigenvalue weighted by Gasteiger charge is -2.33. The monoisotopic (exact) mass is 432 g/mol. The largest absolute Gasteiger partial charge is 0.508 e. The zero-order valence-corrected chi connectivity index (χ0v) is 18.7. The van der Waals surface area contributed by atoms with Crippen LogP contribution < -0.4 is 0 Å². The molecule has 164 valence electrons. The molecule has 0 aromatic heterocycles. The first-order valence-electron chi connectivity index (χ1n) is 11.5. The van der Waals surface area contributed by atoms with Crippen molar-refractivity contribution in [2.75, 3.05) is 0 Å². The van der Waals surface area contributed by atoms with E-state index in [9.17, 15) is 10.2 Å². The van der Waals surface area contributed by atoms with Gasteiger partial charge in [0, 0.05) is 11.8 Å². The Kier molecular flexibility index (Phi) is 5.75. The smallest absolute Gasteiger partial charge is 0.118 e. The Bertz CT molecular complexity index is 1270. The van der Waals surface area contributed by atoms with E-state index in [-0.39, 0.29) is 11.7 Å². The van der Waals surface area contributed by atoms with Crippen molar-refractivity contribution < 1.29 is 10.2 Å². The molecule has 1 aliphatic carbocycles. The summed E-state index contributed by atoms with van der Waals surface area (Å²) in [5.41, 5.74) is 7.07. The maximum atomic E-state index is 10.0. The van der Waals surface area contributed by atoms with Crippen LogP contribution in [0.3, 0.4) is 0 Å². The second kappa shape index (κ2) is 8.99. The highest BCUT2D eigenvalue weighted by molar-refractivity contribution is 5.65. The van der Waals surface area contributed by atoms with Crippen molar-refractivity contribution in [3.63, 3.8) is 0 Å². The van der Waals surface area contributed by atoms with E-state index in [1.807, 2.05) is 25.1 Å². The van der Waals surface area contributed by atoms with Crippen molar-refractivity contribution in [1.29, 1.82) is 0 Å². The molecule has 0 saturated heterocycles.